The van der Waals surface area contributed by atoms with Crippen LogP contribution in [0, 0.1) is 0 Å². The van der Waals surface area contributed by atoms with Crippen LogP contribution in [-0.4, -0.2) is 10.9 Å². The second-order valence-corrected chi connectivity index (χ2v) is 6.97. The fourth-order valence-corrected chi connectivity index (χ4v) is 3.67. The molecule has 0 unspecified atom stereocenters. The van der Waals surface area contributed by atoms with E-state index in [1.54, 1.807) is 36.4 Å². The zero-order valence-electron chi connectivity index (χ0n) is 12.4. The lowest BCUT2D eigenvalue weighted by Crippen LogP contribution is -2.21. The fraction of sp³-hybridized carbons (Fsp3) is 0. The number of aromatic nitrogens is 1. The van der Waals surface area contributed by atoms with Gasteiger partial charge in [-0.3, -0.25) is 14.9 Å². The predicted octanol–water partition coefficient (Wildman–Crippen LogP) is 4.96. The van der Waals surface area contributed by atoms with E-state index in [4.69, 9.17) is 27.6 Å². The lowest BCUT2D eigenvalue weighted by molar-refractivity contribution is 0.102. The van der Waals surface area contributed by atoms with Crippen LogP contribution >= 0.6 is 34.5 Å². The van der Waals surface area contributed by atoms with Crippen LogP contribution in [0.1, 0.15) is 10.4 Å². The zero-order valence-corrected chi connectivity index (χ0v) is 14.7. The number of hydrogen-bond donors (Lipinski definition) is 1. The van der Waals surface area contributed by atoms with Crippen LogP contribution in [-0.2, 0) is 0 Å². The van der Waals surface area contributed by atoms with Crippen molar-refractivity contribution in [2.75, 3.05) is 5.32 Å². The summed E-state index contributed by atoms with van der Waals surface area (Å²) < 4.78 is 6.13. The minimum Gasteiger partial charge on any atom is -0.463 e. The van der Waals surface area contributed by atoms with Gasteiger partial charge in [-0.25, -0.2) is 4.98 Å². The number of nitrogens with one attached hydrogen (secondary N) is 1. The van der Waals surface area contributed by atoms with E-state index in [1.807, 2.05) is 0 Å². The van der Waals surface area contributed by atoms with E-state index in [0.717, 1.165) is 11.0 Å². The molecule has 0 aliphatic heterocycles. The average molecular weight is 391 g/mol. The van der Waals surface area contributed by atoms with Gasteiger partial charge in [-0.1, -0.05) is 46.7 Å². The van der Waals surface area contributed by atoms with Crippen molar-refractivity contribution in [2.24, 2.45) is 0 Å². The smallest absolute Gasteiger partial charge is 0.264 e. The van der Waals surface area contributed by atoms with Crippen molar-refractivity contribution in [3.05, 3.63) is 68.5 Å². The molecule has 0 aliphatic carbocycles. The summed E-state index contributed by atoms with van der Waals surface area (Å²) in [5.74, 6) is -0.597. The molecule has 8 heteroatoms. The number of halogens is 2. The van der Waals surface area contributed by atoms with Crippen LogP contribution < -0.4 is 10.7 Å². The number of benzene rings is 2. The van der Waals surface area contributed by atoms with Gasteiger partial charge in [0.05, 0.1) is 20.1 Å². The van der Waals surface area contributed by atoms with Gasteiger partial charge in [0.2, 0.25) is 5.43 Å². The Hall–Kier alpha value is -2.41. The Labute approximate surface area is 154 Å². The van der Waals surface area contributed by atoms with Gasteiger partial charge < -0.3 is 4.42 Å². The summed E-state index contributed by atoms with van der Waals surface area (Å²) >= 11 is 13.3. The summed E-state index contributed by atoms with van der Waals surface area (Å²) in [6, 6.07) is 10.2. The van der Waals surface area contributed by atoms with Crippen molar-refractivity contribution < 1.29 is 9.21 Å². The zero-order chi connectivity index (χ0) is 17.6. The largest absolute Gasteiger partial charge is 0.463 e. The number of amides is 1. The minimum absolute atomic E-state index is 0.0953. The molecule has 0 bridgehead atoms. The maximum absolute atomic E-state index is 12.5. The van der Waals surface area contributed by atoms with Crippen LogP contribution in [0.2, 0.25) is 10.0 Å². The molecule has 2 aromatic carbocycles. The third-order valence-corrected chi connectivity index (χ3v) is 5.33. The number of anilines is 1. The molecule has 5 nitrogen and oxygen atoms in total. The molecule has 4 aromatic rings. The number of hydrogen-bond acceptors (Lipinski definition) is 5. The van der Waals surface area contributed by atoms with Gasteiger partial charge in [0, 0.05) is 0 Å². The van der Waals surface area contributed by atoms with Crippen molar-refractivity contribution in [3.8, 4) is 0 Å². The molecule has 0 radical (unpaired) electrons. The molecule has 0 fully saturated rings. The monoisotopic (exact) mass is 390 g/mol. The van der Waals surface area contributed by atoms with Gasteiger partial charge >= 0.3 is 0 Å². The molecule has 2 heterocycles. The molecule has 25 heavy (non-hydrogen) atoms. The Balaban J connectivity index is 1.72. The normalized spacial score (nSPS) is 11.1. The summed E-state index contributed by atoms with van der Waals surface area (Å²) in [6.07, 6.45) is 1.15. The highest BCUT2D eigenvalue weighted by Crippen LogP contribution is 2.35. The molecule has 2 aromatic heterocycles. The maximum atomic E-state index is 12.5. The standard InChI is InChI=1S/C17H8Cl2N2O3S/c18-10-5-6-12-14(13(10)19)20-17(25-12)21-16(23)9-7-24-11-4-2-1-3-8(11)15(9)22/h1-7H,(H,20,21,23). The molecule has 0 saturated carbocycles. The summed E-state index contributed by atoms with van der Waals surface area (Å²) in [7, 11) is 0. The van der Waals surface area contributed by atoms with Gasteiger partial charge in [0.25, 0.3) is 5.91 Å². The number of fused-ring (bicyclic) bond motifs is 2. The quantitative estimate of drug-likeness (QED) is 0.524. The highest BCUT2D eigenvalue weighted by Gasteiger charge is 2.17. The van der Waals surface area contributed by atoms with Crippen LogP contribution in [0.4, 0.5) is 5.13 Å². The topological polar surface area (TPSA) is 72.2 Å². The third-order valence-electron chi connectivity index (χ3n) is 3.60. The van der Waals surface area contributed by atoms with Crippen LogP contribution in [0.25, 0.3) is 21.2 Å². The second kappa shape index (κ2) is 6.15. The highest BCUT2D eigenvalue weighted by molar-refractivity contribution is 7.22. The molecule has 124 valence electrons. The van der Waals surface area contributed by atoms with E-state index >= 15 is 0 Å². The molecule has 0 atom stereocenters. The number of carbonyl (C=O) groups excluding carboxylic acids is 1. The first kappa shape index (κ1) is 16.1. The van der Waals surface area contributed by atoms with E-state index in [1.165, 1.54) is 11.3 Å². The van der Waals surface area contributed by atoms with Crippen molar-refractivity contribution in [1.29, 1.82) is 0 Å². The minimum atomic E-state index is -0.597. The molecule has 0 saturated heterocycles. The van der Waals surface area contributed by atoms with E-state index in [0.29, 0.717) is 31.7 Å². The van der Waals surface area contributed by atoms with Crippen LogP contribution in [0.15, 0.2) is 51.9 Å². The van der Waals surface area contributed by atoms with Crippen molar-refractivity contribution in [2.45, 2.75) is 0 Å². The van der Waals surface area contributed by atoms with Crippen LogP contribution in [0.3, 0.4) is 0 Å². The van der Waals surface area contributed by atoms with E-state index in [2.05, 4.69) is 10.3 Å². The first-order chi connectivity index (χ1) is 12.0. The Bertz CT molecular complexity index is 1200. The summed E-state index contributed by atoms with van der Waals surface area (Å²) in [5.41, 5.74) is 0.425. The van der Waals surface area contributed by atoms with Crippen molar-refractivity contribution in [1.82, 2.24) is 4.98 Å². The molecule has 0 aliphatic rings. The Morgan fingerprint density at radius 2 is 1.96 bits per heavy atom. The summed E-state index contributed by atoms with van der Waals surface area (Å²) in [4.78, 5) is 29.2. The van der Waals surface area contributed by atoms with Gasteiger partial charge in [-0.05, 0) is 24.3 Å². The first-order valence-corrected chi connectivity index (χ1v) is 8.68. The Kier molecular flexibility index (Phi) is 3.95. The second-order valence-electron chi connectivity index (χ2n) is 5.16. The number of thiazole rings is 1. The number of para-hydroxylation sites is 1. The lowest BCUT2D eigenvalue weighted by Gasteiger charge is -2.02. The average Bonchev–Trinajstić information content (AvgIpc) is 3.02. The number of carbonyl (C=O) groups is 1. The highest BCUT2D eigenvalue weighted by atomic mass is 35.5. The molecule has 4 rings (SSSR count). The number of nitrogens with zero attached hydrogens (tertiary/aromatic N) is 1. The number of rotatable bonds is 2. The third kappa shape index (κ3) is 2.78. The maximum Gasteiger partial charge on any atom is 0.264 e. The van der Waals surface area contributed by atoms with Gasteiger partial charge in [0.15, 0.2) is 5.13 Å². The Morgan fingerprint density at radius 1 is 1.16 bits per heavy atom. The summed E-state index contributed by atoms with van der Waals surface area (Å²) in [5, 5.41) is 3.97. The van der Waals surface area contributed by atoms with Crippen LogP contribution in [0.5, 0.6) is 0 Å². The molecule has 0 spiro atoms. The Morgan fingerprint density at radius 3 is 2.80 bits per heavy atom. The van der Waals surface area contributed by atoms with Gasteiger partial charge in [-0.2, -0.15) is 0 Å². The molecule has 1 N–H and O–H groups in total. The predicted molar refractivity (Wildman–Crippen MR) is 100 cm³/mol. The van der Waals surface area contributed by atoms with Crippen molar-refractivity contribution >= 4 is 66.8 Å². The van der Waals surface area contributed by atoms with Gasteiger partial charge in [0.1, 0.15) is 22.9 Å². The lowest BCUT2D eigenvalue weighted by atomic mass is 10.1. The molecular weight excluding hydrogens is 383 g/mol. The molecule has 1 amide bonds. The van der Waals surface area contributed by atoms with Crippen molar-refractivity contribution in [3.63, 3.8) is 0 Å². The first-order valence-electron chi connectivity index (χ1n) is 7.11. The van der Waals surface area contributed by atoms with Gasteiger partial charge in [-0.15, -0.1) is 0 Å². The van der Waals surface area contributed by atoms with E-state index in [-0.39, 0.29) is 5.56 Å². The van der Waals surface area contributed by atoms with E-state index < -0.39 is 11.3 Å². The fourth-order valence-electron chi connectivity index (χ4n) is 2.39. The van der Waals surface area contributed by atoms with E-state index in [9.17, 15) is 9.59 Å². The molecular formula is C17H8Cl2N2O3S. The SMILES string of the molecule is O=C(Nc1nc2c(Cl)c(Cl)ccc2s1)c1coc2ccccc2c1=O. The summed E-state index contributed by atoms with van der Waals surface area (Å²) in [6.45, 7) is 0.